The fourth-order valence-electron chi connectivity index (χ4n) is 1.34. The lowest BCUT2D eigenvalue weighted by Gasteiger charge is -1.93. The molecule has 0 saturated heterocycles. The highest BCUT2D eigenvalue weighted by atomic mass is 31.0. The summed E-state index contributed by atoms with van der Waals surface area (Å²) < 4.78 is 0. The number of benzene rings is 1. The summed E-state index contributed by atoms with van der Waals surface area (Å²) in [4.78, 5) is 11.2. The number of carbonyl (C=O) groups is 1. The molecule has 2 heteroatoms. The number of hydrogen-bond acceptors (Lipinski definition) is 1. The van der Waals surface area contributed by atoms with E-state index in [1.807, 2.05) is 24.3 Å². The van der Waals surface area contributed by atoms with Gasteiger partial charge in [-0.25, -0.2) is 0 Å². The smallest absolute Gasteiger partial charge is 0.168 e. The molecular formula is C9H7OP. The summed E-state index contributed by atoms with van der Waals surface area (Å²) in [6, 6.07) is 7.66. The Morgan fingerprint density at radius 1 is 1.18 bits per heavy atom. The maximum Gasteiger partial charge on any atom is 0.168 e. The zero-order chi connectivity index (χ0) is 7.84. The van der Waals surface area contributed by atoms with Crippen LogP contribution in [0.2, 0.25) is 0 Å². The van der Waals surface area contributed by atoms with Crippen LogP contribution in [-0.4, -0.2) is 11.1 Å². The molecule has 54 valence electrons. The predicted octanol–water partition coefficient (Wildman–Crippen LogP) is 1.94. The van der Waals surface area contributed by atoms with Gasteiger partial charge in [0.1, 0.15) is 0 Å². The molecule has 2 rings (SSSR count). The molecule has 0 amide bonds. The second-order valence-electron chi connectivity index (χ2n) is 2.62. The van der Waals surface area contributed by atoms with Gasteiger partial charge in [-0.2, -0.15) is 0 Å². The zero-order valence-corrected chi connectivity index (χ0v) is 6.92. The molecule has 11 heavy (non-hydrogen) atoms. The number of ketones is 1. The summed E-state index contributed by atoms with van der Waals surface area (Å²) in [6.07, 6.45) is 0.524. The van der Waals surface area contributed by atoms with Crippen molar-refractivity contribution in [3.8, 4) is 0 Å². The quantitative estimate of drug-likeness (QED) is 0.533. The highest BCUT2D eigenvalue weighted by Gasteiger charge is 2.21. The van der Waals surface area contributed by atoms with E-state index in [9.17, 15) is 4.79 Å². The Morgan fingerprint density at radius 3 is 2.45 bits per heavy atom. The molecule has 0 atom stereocenters. The van der Waals surface area contributed by atoms with Gasteiger partial charge in [0, 0.05) is 12.0 Å². The molecule has 0 aliphatic heterocycles. The molecule has 0 spiro atoms. The minimum absolute atomic E-state index is 0.214. The third-order valence-corrected chi connectivity index (χ3v) is 2.34. The lowest BCUT2D eigenvalue weighted by Crippen LogP contribution is -1.89. The van der Waals surface area contributed by atoms with E-state index >= 15 is 0 Å². The van der Waals surface area contributed by atoms with E-state index in [1.165, 1.54) is 0 Å². The van der Waals surface area contributed by atoms with Crippen molar-refractivity contribution < 1.29 is 4.79 Å². The third kappa shape index (κ3) is 0.928. The first-order valence-corrected chi connectivity index (χ1v) is 3.99. The van der Waals surface area contributed by atoms with Crippen molar-refractivity contribution in [1.82, 2.24) is 0 Å². The first-order chi connectivity index (χ1) is 5.29. The summed E-state index contributed by atoms with van der Waals surface area (Å²) in [5, 5.41) is 1.01. The van der Waals surface area contributed by atoms with Gasteiger partial charge >= 0.3 is 0 Å². The number of Topliss-reactive ketones (excluding diaryl/α,β-unsaturated/α-hetero) is 1. The van der Waals surface area contributed by atoms with Crippen LogP contribution in [0.25, 0.3) is 0 Å². The highest BCUT2D eigenvalue weighted by Crippen LogP contribution is 2.22. The van der Waals surface area contributed by atoms with Gasteiger partial charge in [-0.3, -0.25) is 4.79 Å². The van der Waals surface area contributed by atoms with Gasteiger partial charge < -0.3 is 0 Å². The molecule has 1 aliphatic rings. The molecule has 0 saturated carbocycles. The predicted molar refractivity (Wildman–Crippen MR) is 47.8 cm³/mol. The van der Waals surface area contributed by atoms with Gasteiger partial charge in [0.2, 0.25) is 0 Å². The molecule has 1 nitrogen and oxygen atoms in total. The number of rotatable bonds is 0. The molecule has 1 aliphatic carbocycles. The Hall–Kier alpha value is -0.940. The molecule has 1 aromatic rings. The van der Waals surface area contributed by atoms with E-state index in [2.05, 4.69) is 8.86 Å². The Bertz CT molecular complexity index is 308. The summed E-state index contributed by atoms with van der Waals surface area (Å²) >= 11 is 0. The molecular weight excluding hydrogens is 155 g/mol. The fraction of sp³-hybridized carbons (Fsp3) is 0.111. The lowest BCUT2D eigenvalue weighted by molar-refractivity contribution is 0.101. The fourth-order valence-corrected chi connectivity index (χ4v) is 1.72. The Morgan fingerprint density at radius 2 is 1.82 bits per heavy atom. The van der Waals surface area contributed by atoms with E-state index in [4.69, 9.17) is 0 Å². The standard InChI is InChI=1S/C9H7OP/c10-8-5-9(11)7-4-2-1-3-6(7)8/h1-4,11H,5H2. The zero-order valence-electron chi connectivity index (χ0n) is 5.92. The lowest BCUT2D eigenvalue weighted by atomic mass is 10.1. The number of carbonyl (C=O) groups excluding carboxylic acids is 1. The topological polar surface area (TPSA) is 17.1 Å². The summed E-state index contributed by atoms with van der Waals surface area (Å²) in [6.45, 7) is 0. The molecule has 0 unspecified atom stereocenters. The van der Waals surface area contributed by atoms with E-state index in [0.29, 0.717) is 6.42 Å². The van der Waals surface area contributed by atoms with Gasteiger partial charge in [0.05, 0.1) is 0 Å². The van der Waals surface area contributed by atoms with Crippen LogP contribution in [0.4, 0.5) is 0 Å². The first kappa shape index (κ1) is 6.75. The van der Waals surface area contributed by atoms with E-state index in [0.717, 1.165) is 16.4 Å². The first-order valence-electron chi connectivity index (χ1n) is 3.49. The highest BCUT2D eigenvalue weighted by molar-refractivity contribution is 7.22. The average Bonchev–Trinajstić information content (AvgIpc) is 2.30. The Labute approximate surface area is 67.3 Å². The van der Waals surface area contributed by atoms with Crippen molar-refractivity contribution in [2.45, 2.75) is 6.42 Å². The molecule has 0 radical (unpaired) electrons. The van der Waals surface area contributed by atoms with E-state index in [-0.39, 0.29) is 5.78 Å². The van der Waals surface area contributed by atoms with Crippen molar-refractivity contribution in [2.24, 2.45) is 0 Å². The Balaban J connectivity index is 2.69. The second-order valence-corrected chi connectivity index (χ2v) is 3.23. The summed E-state index contributed by atoms with van der Waals surface area (Å²) in [5.74, 6) is 0.214. The van der Waals surface area contributed by atoms with Crippen molar-refractivity contribution in [2.75, 3.05) is 0 Å². The molecule has 0 fully saturated rings. The van der Waals surface area contributed by atoms with Crippen molar-refractivity contribution in [1.29, 1.82) is 0 Å². The monoisotopic (exact) mass is 162 g/mol. The normalized spacial score (nSPS) is 15.3. The SMILES string of the molecule is O=C1CC(=P)c2ccccc21. The maximum atomic E-state index is 11.2. The maximum absolute atomic E-state index is 11.2. The average molecular weight is 162 g/mol. The van der Waals surface area contributed by atoms with Crippen LogP contribution in [0, 0.1) is 0 Å². The molecule has 1 aromatic carbocycles. The minimum atomic E-state index is 0.214. The molecule has 0 N–H and O–H groups in total. The van der Waals surface area contributed by atoms with Crippen LogP contribution in [0.3, 0.4) is 0 Å². The third-order valence-electron chi connectivity index (χ3n) is 1.89. The molecule has 0 heterocycles. The van der Waals surface area contributed by atoms with Gasteiger partial charge in [0.15, 0.2) is 5.78 Å². The van der Waals surface area contributed by atoms with Gasteiger partial charge in [-0.15, -0.1) is 8.86 Å². The summed E-state index contributed by atoms with van der Waals surface area (Å²) in [5.41, 5.74) is 1.90. The van der Waals surface area contributed by atoms with Crippen LogP contribution < -0.4 is 0 Å². The Kier molecular flexibility index (Phi) is 1.40. The molecule has 0 bridgehead atoms. The number of hydrogen-bond donors (Lipinski definition) is 0. The van der Waals surface area contributed by atoms with Crippen LogP contribution >= 0.6 is 8.86 Å². The van der Waals surface area contributed by atoms with Gasteiger partial charge in [-0.05, 0) is 10.9 Å². The van der Waals surface area contributed by atoms with E-state index in [1.54, 1.807) is 0 Å². The van der Waals surface area contributed by atoms with Crippen LogP contribution in [0.5, 0.6) is 0 Å². The van der Waals surface area contributed by atoms with Crippen molar-refractivity contribution >= 4 is 19.9 Å². The largest absolute Gasteiger partial charge is 0.294 e. The van der Waals surface area contributed by atoms with Gasteiger partial charge in [-0.1, -0.05) is 24.3 Å². The van der Waals surface area contributed by atoms with Crippen LogP contribution in [0.15, 0.2) is 24.3 Å². The van der Waals surface area contributed by atoms with E-state index < -0.39 is 0 Å². The van der Waals surface area contributed by atoms with Crippen LogP contribution in [0.1, 0.15) is 22.3 Å². The van der Waals surface area contributed by atoms with Gasteiger partial charge in [0.25, 0.3) is 0 Å². The number of fused-ring (bicyclic) bond motifs is 1. The van der Waals surface area contributed by atoms with Crippen LogP contribution in [-0.2, 0) is 0 Å². The van der Waals surface area contributed by atoms with Crippen molar-refractivity contribution in [3.05, 3.63) is 35.4 Å². The summed E-state index contributed by atoms with van der Waals surface area (Å²) in [7, 11) is 3.42. The second kappa shape index (κ2) is 2.28. The van der Waals surface area contributed by atoms with Crippen molar-refractivity contribution in [3.63, 3.8) is 0 Å². The molecule has 0 aromatic heterocycles. The minimum Gasteiger partial charge on any atom is -0.294 e.